The van der Waals surface area contributed by atoms with Crippen LogP contribution in [0.15, 0.2) is 64.8 Å². The van der Waals surface area contributed by atoms with Gasteiger partial charge in [0, 0.05) is 10.9 Å². The van der Waals surface area contributed by atoms with Crippen LogP contribution in [0.2, 0.25) is 0 Å². The van der Waals surface area contributed by atoms with Crippen LogP contribution in [0.1, 0.15) is 22.5 Å². The van der Waals surface area contributed by atoms with Crippen LogP contribution in [0.4, 0.5) is 10.6 Å². The highest BCUT2D eigenvalue weighted by molar-refractivity contribution is 6.88. The number of hydrogen-bond acceptors (Lipinski definition) is 7. The fraction of sp³-hybridized carbons (Fsp3) is 0.111. The largest absolute Gasteiger partial charge is 0.383 e. The van der Waals surface area contributed by atoms with Gasteiger partial charge in [-0.05, 0) is 48.6 Å². The van der Waals surface area contributed by atoms with Crippen molar-refractivity contribution in [1.82, 2.24) is 29.6 Å². The van der Waals surface area contributed by atoms with Gasteiger partial charge >= 0.3 is 0 Å². The maximum atomic E-state index is 13.9. The summed E-state index contributed by atoms with van der Waals surface area (Å²) in [6, 6.07) is 15.5. The topological polar surface area (TPSA) is 138 Å². The van der Waals surface area contributed by atoms with Crippen LogP contribution < -0.4 is 16.6 Å². The van der Waals surface area contributed by atoms with Gasteiger partial charge in [0.1, 0.15) is 12.1 Å². The van der Waals surface area contributed by atoms with Gasteiger partial charge < -0.3 is 5.73 Å². The smallest absolute Gasteiger partial charge is 0.263 e. The minimum absolute atomic E-state index is 0.125. The van der Waals surface area contributed by atoms with Gasteiger partial charge in [0.2, 0.25) is 21.0 Å². The minimum atomic E-state index is -0.454. The van der Waals surface area contributed by atoms with Crippen LogP contribution in [0, 0.1) is 13.8 Å². The Morgan fingerprint density at radius 1 is 1.00 bits per heavy atom. The molecule has 6 rings (SSSR count). The molecule has 0 spiro atoms. The van der Waals surface area contributed by atoms with E-state index in [0.717, 1.165) is 22.2 Å². The van der Waals surface area contributed by atoms with Crippen molar-refractivity contribution in [3.63, 3.8) is 0 Å². The van der Waals surface area contributed by atoms with Gasteiger partial charge in [-0.2, -0.15) is 5.10 Å². The fourth-order valence-electron chi connectivity index (χ4n) is 4.83. The van der Waals surface area contributed by atoms with E-state index in [4.69, 9.17) is 10.8 Å². The van der Waals surface area contributed by atoms with Gasteiger partial charge in [-0.1, -0.05) is 36.4 Å². The highest BCUT2D eigenvalue weighted by Gasteiger charge is 2.27. The van der Waals surface area contributed by atoms with Crippen LogP contribution in [-0.2, 0) is 11.3 Å². The van der Waals surface area contributed by atoms with Crippen molar-refractivity contribution < 1.29 is 9.59 Å². The molecule has 2 amide bonds. The molecule has 2 radical (unpaired) electrons. The van der Waals surface area contributed by atoms with Gasteiger partial charge in [-0.15, -0.1) is 0 Å². The zero-order chi connectivity index (χ0) is 26.6. The Kier molecular flexibility index (Phi) is 5.49. The van der Waals surface area contributed by atoms with E-state index in [2.05, 4.69) is 15.3 Å². The van der Waals surface area contributed by atoms with Crippen molar-refractivity contribution in [2.45, 2.75) is 20.4 Å². The second-order valence-corrected chi connectivity index (χ2v) is 10.3. The molecule has 1 fully saturated rings. The maximum Gasteiger partial charge on any atom is 0.263 e. The van der Waals surface area contributed by atoms with Crippen LogP contribution in [0.5, 0.6) is 0 Å². The van der Waals surface area contributed by atoms with E-state index < -0.39 is 5.91 Å². The Bertz CT molecular complexity index is 1900. The van der Waals surface area contributed by atoms with Gasteiger partial charge in [0.15, 0.2) is 5.65 Å². The zero-order valence-corrected chi connectivity index (χ0v) is 21.5. The van der Waals surface area contributed by atoms with Crippen molar-refractivity contribution in [3.05, 3.63) is 92.9 Å². The number of fused-ring (bicyclic) bond motifs is 2. The number of benzene rings is 2. The zero-order valence-electron chi connectivity index (χ0n) is 20.5. The lowest BCUT2D eigenvalue weighted by atomic mass is 10.1. The van der Waals surface area contributed by atoms with E-state index in [-0.39, 0.29) is 33.0 Å². The number of nitrogens with one attached hydrogen (secondary N) is 1. The van der Waals surface area contributed by atoms with Crippen LogP contribution in [0.3, 0.4) is 0 Å². The van der Waals surface area contributed by atoms with Gasteiger partial charge in [-0.25, -0.2) is 14.6 Å². The molecule has 0 saturated carbocycles. The monoisotopic (exact) mass is 519 g/mol. The Morgan fingerprint density at radius 2 is 1.79 bits per heavy atom. The Morgan fingerprint density at radius 3 is 2.55 bits per heavy atom. The number of aryl methyl sites for hydroxylation is 2. The molecule has 3 aromatic heterocycles. The average Bonchev–Trinajstić information content (AvgIpc) is 3.39. The molecule has 0 atom stereocenters. The molecule has 10 nitrogen and oxygen atoms in total. The summed E-state index contributed by atoms with van der Waals surface area (Å²) in [5.74, 6) is -0.253. The number of imide groups is 1. The lowest BCUT2D eigenvalue weighted by Gasteiger charge is -2.17. The maximum absolute atomic E-state index is 13.9. The highest BCUT2D eigenvalue weighted by Crippen LogP contribution is 2.26. The third kappa shape index (κ3) is 3.80. The highest BCUT2D eigenvalue weighted by atomic mass is 28.2. The summed E-state index contributed by atoms with van der Waals surface area (Å²) in [5.41, 5.74) is 9.87. The van der Waals surface area contributed by atoms with Crippen LogP contribution in [0.25, 0.3) is 33.6 Å². The summed E-state index contributed by atoms with van der Waals surface area (Å²) < 4.78 is 3.36. The van der Waals surface area contributed by atoms with E-state index in [1.807, 2.05) is 62.4 Å². The molecule has 1 aliphatic rings. The summed E-state index contributed by atoms with van der Waals surface area (Å²) >= 11 is 0. The van der Waals surface area contributed by atoms with Crippen molar-refractivity contribution in [2.24, 2.45) is 0 Å². The quantitative estimate of drug-likeness (QED) is 0.275. The van der Waals surface area contributed by atoms with Crippen molar-refractivity contribution in [3.8, 4) is 5.69 Å². The molecule has 1 aliphatic heterocycles. The number of aromatic nitrogens is 5. The number of anilines is 1. The molecule has 186 valence electrons. The molecule has 0 bridgehead atoms. The minimum Gasteiger partial charge on any atom is -0.383 e. The lowest BCUT2D eigenvalue weighted by Crippen LogP contribution is -2.25. The molecule has 3 N–H and O–H groups in total. The number of amides is 2. The van der Waals surface area contributed by atoms with Crippen molar-refractivity contribution >= 4 is 54.7 Å². The fourth-order valence-corrected chi connectivity index (χ4v) is 5.63. The molecule has 5 aromatic rings. The molecule has 0 aliphatic carbocycles. The number of para-hydroxylation sites is 1. The first-order valence-corrected chi connectivity index (χ1v) is 12.8. The predicted octanol–water partition coefficient (Wildman–Crippen LogP) is 2.67. The number of carbonyl (C=O) groups excluding carboxylic acids is 2. The molecule has 2 aromatic carbocycles. The second-order valence-electron chi connectivity index (χ2n) is 9.07. The van der Waals surface area contributed by atoms with E-state index >= 15 is 0 Å². The molecular weight excluding hydrogens is 498 g/mol. The number of hydrogen-bond donors (Lipinski definition) is 2. The number of nitrogen functional groups attached to an aromatic ring is 1. The van der Waals surface area contributed by atoms with E-state index in [0.29, 0.717) is 33.0 Å². The first kappa shape index (κ1) is 23.5. The predicted molar refractivity (Wildman–Crippen MR) is 145 cm³/mol. The van der Waals surface area contributed by atoms with Crippen molar-refractivity contribution in [1.29, 1.82) is 0 Å². The summed E-state index contributed by atoms with van der Waals surface area (Å²) in [6.45, 7) is 4.08. The number of rotatable bonds is 4. The van der Waals surface area contributed by atoms with E-state index in [1.54, 1.807) is 15.3 Å². The number of pyridine rings is 1. The summed E-state index contributed by atoms with van der Waals surface area (Å²) in [5, 5.41) is 9.25. The van der Waals surface area contributed by atoms with Gasteiger partial charge in [-0.3, -0.25) is 24.3 Å². The SMILES string of the molecule is Cc1ccccc1-n1c(Cn2nc(/C=C3/[Si]C(=O)NC3=O)c3c(N)ncnc32)cc2cccc(C)c2c1=O. The molecule has 1 saturated heterocycles. The van der Waals surface area contributed by atoms with Crippen LogP contribution >= 0.6 is 0 Å². The van der Waals surface area contributed by atoms with Gasteiger partial charge in [0.25, 0.3) is 5.56 Å². The summed E-state index contributed by atoms with van der Waals surface area (Å²) in [7, 11) is -0.321. The summed E-state index contributed by atoms with van der Waals surface area (Å²) in [4.78, 5) is 46.4. The molecule has 4 heterocycles. The van der Waals surface area contributed by atoms with E-state index in [9.17, 15) is 14.4 Å². The summed E-state index contributed by atoms with van der Waals surface area (Å²) in [6.07, 6.45) is 2.90. The Hall–Kier alpha value is -4.90. The van der Waals surface area contributed by atoms with E-state index in [1.165, 1.54) is 6.33 Å². The Balaban J connectivity index is 1.59. The first-order valence-electron chi connectivity index (χ1n) is 11.8. The average molecular weight is 520 g/mol. The van der Waals surface area contributed by atoms with Crippen LogP contribution in [-0.4, -0.2) is 45.3 Å². The normalized spacial score (nSPS) is 14.6. The lowest BCUT2D eigenvalue weighted by molar-refractivity contribution is -0.115. The standard InChI is InChI=1S/C27H21N7O3Si/c1-14-6-3-4-9-19(14)34-17(10-16-8-5-7-15(2)21(16)26(34)36)12-33-24-22(23(28)29-13-30-24)18(32-33)11-20-25(35)31-27(37)38-20/h3-11,13H,12H2,1-2H3,(H2,28,29,30)(H,31,35,37)/b20-11+. The number of carbonyl (C=O) groups is 2. The first-order chi connectivity index (χ1) is 18.3. The number of nitrogens with two attached hydrogens (primary N) is 1. The molecule has 11 heteroatoms. The third-order valence-electron chi connectivity index (χ3n) is 6.59. The molecular formula is C27H21N7O3Si. The third-order valence-corrected chi connectivity index (χ3v) is 7.58. The molecule has 38 heavy (non-hydrogen) atoms. The second kappa shape index (κ2) is 8.89. The van der Waals surface area contributed by atoms with Crippen molar-refractivity contribution in [2.75, 3.05) is 5.73 Å². The Labute approximate surface area is 218 Å². The number of nitrogens with zero attached hydrogens (tertiary/aromatic N) is 5. The van der Waals surface area contributed by atoms with Gasteiger partial charge in [0.05, 0.1) is 28.7 Å². The molecule has 0 unspecified atom stereocenters.